The summed E-state index contributed by atoms with van der Waals surface area (Å²) in [6, 6.07) is -0.524. The first-order chi connectivity index (χ1) is 10.0. The zero-order chi connectivity index (χ0) is 15.3. The van der Waals surface area contributed by atoms with E-state index in [0.717, 1.165) is 25.9 Å². The Bertz CT molecular complexity index is 502. The van der Waals surface area contributed by atoms with Crippen LogP contribution in [0.15, 0.2) is 11.6 Å². The third kappa shape index (κ3) is 4.28. The second kappa shape index (κ2) is 7.38. The second-order valence-corrected chi connectivity index (χ2v) is 7.66. The van der Waals surface area contributed by atoms with Crippen LogP contribution in [0.1, 0.15) is 32.6 Å². The van der Waals surface area contributed by atoms with E-state index in [1.54, 1.807) is 0 Å². The molecule has 2 rings (SSSR count). The first kappa shape index (κ1) is 16.5. The van der Waals surface area contributed by atoms with E-state index < -0.39 is 16.1 Å². The number of nitrogens with one attached hydrogen (secondary N) is 2. The highest BCUT2D eigenvalue weighted by molar-refractivity contribution is 7.89. The molecule has 0 saturated carbocycles. The van der Waals surface area contributed by atoms with Gasteiger partial charge in [0, 0.05) is 19.6 Å². The number of rotatable bonds is 6. The predicted molar refractivity (Wildman–Crippen MR) is 82.4 cm³/mol. The second-order valence-electron chi connectivity index (χ2n) is 5.62. The monoisotopic (exact) mass is 315 g/mol. The molecule has 0 bridgehead atoms. The Morgan fingerprint density at radius 1 is 1.52 bits per heavy atom. The molecule has 6 nitrogen and oxygen atoms in total. The van der Waals surface area contributed by atoms with Crippen LogP contribution in [0.25, 0.3) is 0 Å². The van der Waals surface area contributed by atoms with Crippen LogP contribution in [-0.4, -0.2) is 56.6 Å². The minimum atomic E-state index is -3.30. The van der Waals surface area contributed by atoms with Gasteiger partial charge in [-0.15, -0.1) is 0 Å². The summed E-state index contributed by atoms with van der Waals surface area (Å²) in [5.74, 6) is -0.0419. The number of carbonyl (C=O) groups excluding carboxylic acids is 1. The van der Waals surface area contributed by atoms with Gasteiger partial charge < -0.3 is 10.6 Å². The molecule has 1 fully saturated rings. The molecule has 0 aromatic carbocycles. The van der Waals surface area contributed by atoms with Crippen molar-refractivity contribution in [2.45, 2.75) is 38.6 Å². The van der Waals surface area contributed by atoms with Crippen LogP contribution in [0.3, 0.4) is 0 Å². The first-order valence-corrected chi connectivity index (χ1v) is 9.31. The van der Waals surface area contributed by atoms with Crippen LogP contribution in [-0.2, 0) is 14.8 Å². The zero-order valence-electron chi connectivity index (χ0n) is 12.6. The predicted octanol–water partition coefficient (Wildman–Crippen LogP) is 0.227. The fourth-order valence-electron chi connectivity index (χ4n) is 2.86. The number of carbonyl (C=O) groups is 1. The van der Waals surface area contributed by atoms with Crippen molar-refractivity contribution in [1.29, 1.82) is 0 Å². The molecule has 120 valence electrons. The molecule has 2 aliphatic heterocycles. The topological polar surface area (TPSA) is 78.5 Å². The van der Waals surface area contributed by atoms with Crippen molar-refractivity contribution in [2.24, 2.45) is 0 Å². The van der Waals surface area contributed by atoms with E-state index in [-0.39, 0.29) is 11.7 Å². The Labute approximate surface area is 127 Å². The van der Waals surface area contributed by atoms with E-state index in [1.807, 2.05) is 6.92 Å². The summed E-state index contributed by atoms with van der Waals surface area (Å²) in [5, 5.41) is 6.12. The highest BCUT2D eigenvalue weighted by Crippen LogP contribution is 2.22. The molecule has 2 N–H and O–H groups in total. The number of sulfonamides is 1. The molecule has 1 amide bonds. The van der Waals surface area contributed by atoms with Crippen molar-refractivity contribution in [3.05, 3.63) is 11.6 Å². The van der Waals surface area contributed by atoms with Crippen molar-refractivity contribution in [2.75, 3.05) is 31.9 Å². The van der Waals surface area contributed by atoms with E-state index in [2.05, 4.69) is 16.7 Å². The van der Waals surface area contributed by atoms with Gasteiger partial charge in [0.15, 0.2) is 0 Å². The molecule has 1 atom stereocenters. The van der Waals surface area contributed by atoms with Crippen molar-refractivity contribution in [3.63, 3.8) is 0 Å². The lowest BCUT2D eigenvalue weighted by atomic mass is 10.1. The van der Waals surface area contributed by atoms with Crippen LogP contribution < -0.4 is 10.6 Å². The van der Waals surface area contributed by atoms with Gasteiger partial charge >= 0.3 is 0 Å². The zero-order valence-corrected chi connectivity index (χ0v) is 13.4. The van der Waals surface area contributed by atoms with Crippen LogP contribution in [0, 0.1) is 0 Å². The van der Waals surface area contributed by atoms with Gasteiger partial charge in [0.1, 0.15) is 6.04 Å². The smallest absolute Gasteiger partial charge is 0.238 e. The molecule has 1 saturated heterocycles. The van der Waals surface area contributed by atoms with Gasteiger partial charge in [-0.1, -0.05) is 18.6 Å². The first-order valence-electron chi connectivity index (χ1n) is 7.70. The maximum Gasteiger partial charge on any atom is 0.238 e. The van der Waals surface area contributed by atoms with Gasteiger partial charge in [-0.2, -0.15) is 4.31 Å². The van der Waals surface area contributed by atoms with Crippen molar-refractivity contribution < 1.29 is 13.2 Å². The number of amides is 1. The van der Waals surface area contributed by atoms with Crippen molar-refractivity contribution in [1.82, 2.24) is 14.9 Å². The fraction of sp³-hybridized carbons (Fsp3) is 0.786. The van der Waals surface area contributed by atoms with Crippen molar-refractivity contribution in [3.8, 4) is 0 Å². The average molecular weight is 315 g/mol. The van der Waals surface area contributed by atoms with Crippen molar-refractivity contribution >= 4 is 15.9 Å². The largest absolute Gasteiger partial charge is 0.351 e. The summed E-state index contributed by atoms with van der Waals surface area (Å²) >= 11 is 0. The normalized spacial score (nSPS) is 23.9. The molecule has 0 aromatic heterocycles. The molecule has 2 aliphatic rings. The van der Waals surface area contributed by atoms with Crippen LogP contribution in [0.5, 0.6) is 0 Å². The molecule has 1 unspecified atom stereocenters. The highest BCUT2D eigenvalue weighted by Gasteiger charge is 2.37. The van der Waals surface area contributed by atoms with E-state index in [1.165, 1.54) is 9.88 Å². The summed E-state index contributed by atoms with van der Waals surface area (Å²) < 4.78 is 25.8. The maximum atomic E-state index is 12.3. The molecule has 0 aromatic rings. The van der Waals surface area contributed by atoms with Gasteiger partial charge in [-0.05, 0) is 32.2 Å². The molecule has 0 spiro atoms. The Balaban J connectivity index is 1.93. The van der Waals surface area contributed by atoms with Crippen LogP contribution in [0.2, 0.25) is 0 Å². The quantitative estimate of drug-likeness (QED) is 0.688. The third-order valence-electron chi connectivity index (χ3n) is 3.97. The van der Waals surface area contributed by atoms with Gasteiger partial charge in [0.2, 0.25) is 15.9 Å². The van der Waals surface area contributed by atoms with Gasteiger partial charge in [-0.3, -0.25) is 4.79 Å². The lowest BCUT2D eigenvalue weighted by molar-refractivity contribution is -0.124. The number of hydrogen-bond donors (Lipinski definition) is 2. The molecule has 7 heteroatoms. The molecule has 21 heavy (non-hydrogen) atoms. The SMILES string of the molecule is CCCS(=O)(=O)N1CCCC1C(=O)NCC1=CCNCC1. The third-order valence-corrected chi connectivity index (χ3v) is 6.05. The van der Waals surface area contributed by atoms with E-state index in [4.69, 9.17) is 0 Å². The molecular formula is C14H25N3O3S. The minimum Gasteiger partial charge on any atom is -0.351 e. The maximum absolute atomic E-state index is 12.3. The molecular weight excluding hydrogens is 290 g/mol. The lowest BCUT2D eigenvalue weighted by Gasteiger charge is -2.23. The van der Waals surface area contributed by atoms with Crippen LogP contribution in [0.4, 0.5) is 0 Å². The van der Waals surface area contributed by atoms with E-state index >= 15 is 0 Å². The van der Waals surface area contributed by atoms with Gasteiger partial charge in [0.05, 0.1) is 5.75 Å². The number of hydrogen-bond acceptors (Lipinski definition) is 4. The Morgan fingerprint density at radius 3 is 3.00 bits per heavy atom. The summed E-state index contributed by atoms with van der Waals surface area (Å²) in [5.41, 5.74) is 1.21. The standard InChI is InChI=1S/C14H25N3O3S/c1-2-10-21(19,20)17-9-3-4-13(17)14(18)16-11-12-5-7-15-8-6-12/h5,13,15H,2-4,6-11H2,1H3,(H,16,18). The number of nitrogens with zero attached hydrogens (tertiary/aromatic N) is 1. The summed E-state index contributed by atoms with van der Waals surface area (Å²) in [7, 11) is -3.30. The Morgan fingerprint density at radius 2 is 2.33 bits per heavy atom. The summed E-state index contributed by atoms with van der Waals surface area (Å²) in [6.45, 7) is 4.60. The molecule has 0 radical (unpaired) electrons. The summed E-state index contributed by atoms with van der Waals surface area (Å²) in [6.07, 6.45) is 4.98. The Hall–Kier alpha value is -0.920. The lowest BCUT2D eigenvalue weighted by Crippen LogP contribution is -2.47. The summed E-state index contributed by atoms with van der Waals surface area (Å²) in [4.78, 5) is 12.3. The van der Waals surface area contributed by atoms with E-state index in [0.29, 0.717) is 25.9 Å². The minimum absolute atomic E-state index is 0.119. The van der Waals surface area contributed by atoms with Crippen LogP contribution >= 0.6 is 0 Å². The molecule has 0 aliphatic carbocycles. The fourth-order valence-corrected chi connectivity index (χ4v) is 4.61. The van der Waals surface area contributed by atoms with E-state index in [9.17, 15) is 13.2 Å². The highest BCUT2D eigenvalue weighted by atomic mass is 32.2. The molecule has 2 heterocycles. The van der Waals surface area contributed by atoms with Gasteiger partial charge in [0.25, 0.3) is 0 Å². The average Bonchev–Trinajstić information content (AvgIpc) is 2.96. The van der Waals surface area contributed by atoms with Gasteiger partial charge in [-0.25, -0.2) is 8.42 Å². The Kier molecular flexibility index (Phi) is 5.78.